The summed E-state index contributed by atoms with van der Waals surface area (Å²) in [4.78, 5) is 4.28. The van der Waals surface area contributed by atoms with Crippen molar-refractivity contribution in [2.24, 2.45) is 0 Å². The van der Waals surface area contributed by atoms with Crippen molar-refractivity contribution in [2.75, 3.05) is 0 Å². The maximum Gasteiger partial charge on any atom is 0.418 e. The summed E-state index contributed by atoms with van der Waals surface area (Å²) in [6.07, 6.45) is -3.21. The van der Waals surface area contributed by atoms with Crippen LogP contribution in [-0.4, -0.2) is 4.98 Å². The van der Waals surface area contributed by atoms with E-state index < -0.39 is 23.1 Å². The van der Waals surface area contributed by atoms with Crippen molar-refractivity contribution in [3.8, 4) is 6.07 Å². The summed E-state index contributed by atoms with van der Waals surface area (Å²) in [5, 5.41) is 9.34. The smallest absolute Gasteiger partial charge is 0.245 e. The van der Waals surface area contributed by atoms with Crippen LogP contribution < -0.4 is 0 Å². The molecule has 1 aromatic carbocycles. The third kappa shape index (κ3) is 3.24. The molecule has 0 amide bonds. The number of hydrogen-bond acceptors (Lipinski definition) is 3. The fraction of sp³-hybridized carbons (Fsp3) is 0.294. The summed E-state index contributed by atoms with van der Waals surface area (Å²) in [6, 6.07) is 7.50. The lowest BCUT2D eigenvalue weighted by Gasteiger charge is -2.16. The Kier molecular flexibility index (Phi) is 4.50. The standard InChI is InChI=1S/C17H12F4N2S/c18-11-4-1-3-10(7-11)9-24-16-13(8-22)15(17(19,20)21)12-5-2-6-14(12)23-16/h1,3-4,7H,2,5-6,9H2. The molecule has 1 aliphatic rings. The van der Waals surface area contributed by atoms with Gasteiger partial charge in [-0.25, -0.2) is 9.37 Å². The summed E-state index contributed by atoms with van der Waals surface area (Å²) in [5.41, 5.74) is -0.0873. The van der Waals surface area contributed by atoms with Crippen LogP contribution in [0.5, 0.6) is 0 Å². The van der Waals surface area contributed by atoms with E-state index in [0.717, 1.165) is 11.8 Å². The molecule has 0 saturated heterocycles. The van der Waals surface area contributed by atoms with Gasteiger partial charge in [0.25, 0.3) is 0 Å². The summed E-state index contributed by atoms with van der Waals surface area (Å²) in [5.74, 6) is -0.165. The maximum absolute atomic E-state index is 13.4. The van der Waals surface area contributed by atoms with Crippen LogP contribution in [0.1, 0.15) is 34.4 Å². The van der Waals surface area contributed by atoms with Gasteiger partial charge in [-0.1, -0.05) is 12.1 Å². The van der Waals surface area contributed by atoms with Gasteiger partial charge in [0.1, 0.15) is 16.9 Å². The van der Waals surface area contributed by atoms with E-state index in [2.05, 4.69) is 4.98 Å². The Morgan fingerprint density at radius 2 is 2.04 bits per heavy atom. The van der Waals surface area contributed by atoms with Crippen molar-refractivity contribution >= 4 is 11.8 Å². The molecule has 0 spiro atoms. The van der Waals surface area contributed by atoms with Crippen molar-refractivity contribution in [3.05, 3.63) is 58.0 Å². The summed E-state index contributed by atoms with van der Waals surface area (Å²) in [7, 11) is 0. The fourth-order valence-electron chi connectivity index (χ4n) is 2.86. The van der Waals surface area contributed by atoms with Crippen LogP contribution in [0.15, 0.2) is 29.3 Å². The Labute approximate surface area is 140 Å². The van der Waals surface area contributed by atoms with Gasteiger partial charge in [0, 0.05) is 11.4 Å². The molecule has 0 radical (unpaired) electrons. The highest BCUT2D eigenvalue weighted by Gasteiger charge is 2.40. The van der Waals surface area contributed by atoms with Crippen LogP contribution in [0.2, 0.25) is 0 Å². The van der Waals surface area contributed by atoms with Crippen molar-refractivity contribution in [1.82, 2.24) is 4.98 Å². The van der Waals surface area contributed by atoms with E-state index in [1.165, 1.54) is 18.2 Å². The quantitative estimate of drug-likeness (QED) is 0.583. The minimum Gasteiger partial charge on any atom is -0.245 e. The summed E-state index contributed by atoms with van der Waals surface area (Å²) >= 11 is 1.03. The van der Waals surface area contributed by atoms with Crippen molar-refractivity contribution in [3.63, 3.8) is 0 Å². The number of aryl methyl sites for hydroxylation is 1. The molecular formula is C17H12F4N2S. The van der Waals surface area contributed by atoms with E-state index in [1.807, 2.05) is 0 Å². The molecule has 2 nitrogen and oxygen atoms in total. The molecule has 0 fully saturated rings. The average Bonchev–Trinajstić information content (AvgIpc) is 2.98. The van der Waals surface area contributed by atoms with Gasteiger partial charge in [0.2, 0.25) is 0 Å². The number of benzene rings is 1. The second kappa shape index (κ2) is 6.44. The number of fused-ring (bicyclic) bond motifs is 1. The van der Waals surface area contributed by atoms with E-state index in [1.54, 1.807) is 12.1 Å². The number of alkyl halides is 3. The fourth-order valence-corrected chi connectivity index (χ4v) is 3.81. The van der Waals surface area contributed by atoms with Crippen LogP contribution in [0.3, 0.4) is 0 Å². The first-order valence-electron chi connectivity index (χ1n) is 7.30. The monoisotopic (exact) mass is 352 g/mol. The maximum atomic E-state index is 13.4. The van der Waals surface area contributed by atoms with Gasteiger partial charge in [0.05, 0.1) is 11.1 Å². The van der Waals surface area contributed by atoms with Crippen molar-refractivity contribution in [1.29, 1.82) is 5.26 Å². The minimum absolute atomic E-state index is 0.0646. The molecule has 0 unspecified atom stereocenters. The van der Waals surface area contributed by atoms with Gasteiger partial charge in [-0.2, -0.15) is 18.4 Å². The molecular weight excluding hydrogens is 340 g/mol. The molecule has 0 atom stereocenters. The molecule has 0 saturated carbocycles. The molecule has 1 aromatic heterocycles. The lowest BCUT2D eigenvalue weighted by molar-refractivity contribution is -0.138. The number of thioether (sulfide) groups is 1. The predicted molar refractivity (Wildman–Crippen MR) is 81.9 cm³/mol. The first-order valence-corrected chi connectivity index (χ1v) is 8.29. The Bertz CT molecular complexity index is 825. The summed E-state index contributed by atoms with van der Waals surface area (Å²) in [6.45, 7) is 0. The van der Waals surface area contributed by atoms with E-state index in [-0.39, 0.29) is 16.3 Å². The highest BCUT2D eigenvalue weighted by molar-refractivity contribution is 7.98. The molecule has 0 N–H and O–H groups in total. The largest absolute Gasteiger partial charge is 0.418 e. The highest BCUT2D eigenvalue weighted by atomic mass is 32.2. The van der Waals surface area contributed by atoms with Crippen LogP contribution >= 0.6 is 11.8 Å². The SMILES string of the molecule is N#Cc1c(SCc2cccc(F)c2)nc2c(c1C(F)(F)F)CCC2. The van der Waals surface area contributed by atoms with Crippen LogP contribution in [-0.2, 0) is 24.8 Å². The number of nitrogens with zero attached hydrogens (tertiary/aromatic N) is 2. The van der Waals surface area contributed by atoms with Crippen molar-refractivity contribution < 1.29 is 17.6 Å². The van der Waals surface area contributed by atoms with E-state index in [4.69, 9.17) is 0 Å². The van der Waals surface area contributed by atoms with Gasteiger partial charge in [0.15, 0.2) is 0 Å². The van der Waals surface area contributed by atoms with Crippen LogP contribution in [0.4, 0.5) is 17.6 Å². The molecule has 1 aliphatic carbocycles. The zero-order valence-electron chi connectivity index (χ0n) is 12.5. The highest BCUT2D eigenvalue weighted by Crippen LogP contribution is 2.42. The Morgan fingerprint density at radius 1 is 1.25 bits per heavy atom. The Balaban J connectivity index is 2.01. The van der Waals surface area contributed by atoms with E-state index in [9.17, 15) is 22.8 Å². The number of rotatable bonds is 3. The van der Waals surface area contributed by atoms with Gasteiger partial charge < -0.3 is 0 Å². The second-order valence-electron chi connectivity index (χ2n) is 5.47. The second-order valence-corrected chi connectivity index (χ2v) is 6.44. The zero-order chi connectivity index (χ0) is 17.3. The number of pyridine rings is 1. The van der Waals surface area contributed by atoms with E-state index in [0.29, 0.717) is 30.5 Å². The molecule has 1 heterocycles. The molecule has 3 rings (SSSR count). The minimum atomic E-state index is -4.59. The van der Waals surface area contributed by atoms with Gasteiger partial charge in [-0.05, 0) is 42.5 Å². The first kappa shape index (κ1) is 16.8. The molecule has 2 aromatic rings. The number of aromatic nitrogens is 1. The first-order chi connectivity index (χ1) is 11.4. The number of nitriles is 1. The number of halogens is 4. The third-order valence-corrected chi connectivity index (χ3v) is 4.90. The molecule has 24 heavy (non-hydrogen) atoms. The van der Waals surface area contributed by atoms with Crippen LogP contribution in [0, 0.1) is 17.1 Å². The molecule has 0 bridgehead atoms. The molecule has 124 valence electrons. The topological polar surface area (TPSA) is 36.7 Å². The predicted octanol–water partition coefficient (Wildman–Crippen LogP) is 4.89. The third-order valence-electron chi connectivity index (χ3n) is 3.85. The average molecular weight is 352 g/mol. The lowest BCUT2D eigenvalue weighted by Crippen LogP contribution is -2.14. The van der Waals surface area contributed by atoms with E-state index >= 15 is 0 Å². The van der Waals surface area contributed by atoms with Crippen LogP contribution in [0.25, 0.3) is 0 Å². The Hall–Kier alpha value is -2.07. The molecule has 7 heteroatoms. The zero-order valence-corrected chi connectivity index (χ0v) is 13.3. The summed E-state index contributed by atoms with van der Waals surface area (Å²) < 4.78 is 53.6. The van der Waals surface area contributed by atoms with Gasteiger partial charge >= 0.3 is 6.18 Å². The molecule has 0 aliphatic heterocycles. The Morgan fingerprint density at radius 3 is 2.71 bits per heavy atom. The van der Waals surface area contributed by atoms with Gasteiger partial charge in [-0.15, -0.1) is 11.8 Å². The van der Waals surface area contributed by atoms with Gasteiger partial charge in [-0.3, -0.25) is 0 Å². The number of hydrogen-bond donors (Lipinski definition) is 0. The van der Waals surface area contributed by atoms with Crippen molar-refractivity contribution in [2.45, 2.75) is 36.2 Å². The normalized spacial score (nSPS) is 13.6. The lowest BCUT2D eigenvalue weighted by atomic mass is 10.0.